The molecule has 2 aromatic heterocycles. The van der Waals surface area contributed by atoms with E-state index in [-0.39, 0.29) is 17.4 Å². The second-order valence-corrected chi connectivity index (χ2v) is 4.72. The lowest BCUT2D eigenvalue weighted by Crippen LogP contribution is -2.29. The van der Waals surface area contributed by atoms with Crippen LogP contribution in [0.25, 0.3) is 11.1 Å². The van der Waals surface area contributed by atoms with Crippen LogP contribution in [0, 0.1) is 0 Å². The van der Waals surface area contributed by atoms with E-state index in [1.165, 1.54) is 0 Å². The van der Waals surface area contributed by atoms with E-state index in [9.17, 15) is 4.79 Å². The summed E-state index contributed by atoms with van der Waals surface area (Å²) in [6, 6.07) is 3.46. The number of allylic oxidation sites excluding steroid dienone is 1. The molecule has 2 aromatic rings. The van der Waals surface area contributed by atoms with Gasteiger partial charge in [0, 0.05) is 18.9 Å². The minimum atomic E-state index is -0.314. The minimum Gasteiger partial charge on any atom is -0.438 e. The third-order valence-electron chi connectivity index (χ3n) is 3.17. The number of carbonyl (C=O) groups is 1. The Balaban J connectivity index is 1.94. The average Bonchev–Trinajstić information content (AvgIpc) is 2.88. The molecule has 1 aliphatic rings. The van der Waals surface area contributed by atoms with Gasteiger partial charge in [-0.1, -0.05) is 0 Å². The number of hydrogen-bond donors (Lipinski definition) is 3. The Bertz CT molecular complexity index is 719. The highest BCUT2D eigenvalue weighted by atomic mass is 16.3. The predicted octanol–water partition coefficient (Wildman–Crippen LogP) is 0.821. The van der Waals surface area contributed by atoms with Crippen LogP contribution < -0.4 is 16.5 Å². The smallest absolute Gasteiger partial charge is 0.263 e. The molecule has 0 radical (unpaired) electrons. The maximum Gasteiger partial charge on any atom is 0.263 e. The average molecular weight is 273 g/mol. The Labute approximate surface area is 115 Å². The first-order valence-electron chi connectivity index (χ1n) is 6.18. The van der Waals surface area contributed by atoms with Crippen molar-refractivity contribution in [2.45, 2.75) is 6.92 Å². The van der Waals surface area contributed by atoms with Crippen molar-refractivity contribution in [2.75, 3.05) is 19.3 Å². The van der Waals surface area contributed by atoms with Crippen molar-refractivity contribution < 1.29 is 9.21 Å². The van der Waals surface area contributed by atoms with E-state index in [1.807, 2.05) is 19.0 Å². The van der Waals surface area contributed by atoms with Crippen molar-refractivity contribution >= 4 is 22.9 Å². The number of carbonyl (C=O) groups excluding carboxylic acids is 1. The van der Waals surface area contributed by atoms with Crippen molar-refractivity contribution in [3.05, 3.63) is 35.3 Å². The third-order valence-corrected chi connectivity index (χ3v) is 3.17. The number of amides is 1. The molecule has 0 fully saturated rings. The van der Waals surface area contributed by atoms with Gasteiger partial charge in [0.15, 0.2) is 5.58 Å². The first kappa shape index (κ1) is 12.5. The topological polar surface area (TPSA) is 96.4 Å². The summed E-state index contributed by atoms with van der Waals surface area (Å²) in [5.41, 5.74) is 11.8. The molecule has 0 spiro atoms. The van der Waals surface area contributed by atoms with E-state index in [0.717, 1.165) is 11.4 Å². The van der Waals surface area contributed by atoms with Crippen LogP contribution in [-0.4, -0.2) is 29.5 Å². The van der Waals surface area contributed by atoms with Gasteiger partial charge in [-0.3, -0.25) is 9.78 Å². The quantitative estimate of drug-likeness (QED) is 0.749. The molecule has 1 aliphatic heterocycles. The van der Waals surface area contributed by atoms with E-state index >= 15 is 0 Å². The lowest BCUT2D eigenvalue weighted by atomic mass is 10.2. The van der Waals surface area contributed by atoms with Crippen molar-refractivity contribution in [1.29, 1.82) is 0 Å². The van der Waals surface area contributed by atoms with Crippen LogP contribution in [0.5, 0.6) is 0 Å². The summed E-state index contributed by atoms with van der Waals surface area (Å²) in [5, 5.41) is 4.73. The van der Waals surface area contributed by atoms with Crippen LogP contribution in [-0.2, 0) is 0 Å². The van der Waals surface area contributed by atoms with Gasteiger partial charge in [-0.25, -0.2) is 5.01 Å². The van der Waals surface area contributed by atoms with E-state index < -0.39 is 0 Å². The molecule has 0 aromatic carbocycles. The Hall–Kier alpha value is -2.54. The summed E-state index contributed by atoms with van der Waals surface area (Å²) in [5.74, 6) is -0.236. The van der Waals surface area contributed by atoms with E-state index in [4.69, 9.17) is 10.2 Å². The number of fused-ring (bicyclic) bond motifs is 1. The van der Waals surface area contributed by atoms with Gasteiger partial charge in [0.25, 0.3) is 5.91 Å². The van der Waals surface area contributed by atoms with Gasteiger partial charge in [0.2, 0.25) is 5.88 Å². The number of hydrazine groups is 1. The van der Waals surface area contributed by atoms with Gasteiger partial charge in [0.05, 0.1) is 12.2 Å². The van der Waals surface area contributed by atoms with Crippen LogP contribution in [0.3, 0.4) is 0 Å². The zero-order valence-electron chi connectivity index (χ0n) is 11.2. The van der Waals surface area contributed by atoms with Crippen LogP contribution in [0.2, 0.25) is 0 Å². The number of nitrogen functional groups attached to an aromatic ring is 1. The number of furan rings is 1. The molecule has 0 atom stereocenters. The van der Waals surface area contributed by atoms with E-state index in [0.29, 0.717) is 17.6 Å². The molecule has 4 N–H and O–H groups in total. The van der Waals surface area contributed by atoms with Crippen molar-refractivity contribution in [1.82, 2.24) is 20.7 Å². The second kappa shape index (κ2) is 4.53. The maximum absolute atomic E-state index is 12.4. The molecule has 104 valence electrons. The van der Waals surface area contributed by atoms with Gasteiger partial charge in [-0.2, -0.15) is 0 Å². The molecule has 0 aliphatic carbocycles. The molecule has 0 bridgehead atoms. The number of nitrogens with one attached hydrogen (secondary N) is 2. The van der Waals surface area contributed by atoms with Crippen LogP contribution >= 0.6 is 0 Å². The number of aromatic nitrogens is 1. The number of rotatable bonds is 2. The molecule has 7 nitrogen and oxygen atoms in total. The van der Waals surface area contributed by atoms with Crippen LogP contribution in [0.15, 0.2) is 34.1 Å². The highest BCUT2D eigenvalue weighted by Crippen LogP contribution is 2.26. The van der Waals surface area contributed by atoms with Gasteiger partial charge < -0.3 is 20.9 Å². The summed E-state index contributed by atoms with van der Waals surface area (Å²) in [4.78, 5) is 16.5. The van der Waals surface area contributed by atoms with E-state index in [2.05, 4.69) is 15.7 Å². The van der Waals surface area contributed by atoms with Crippen molar-refractivity contribution in [2.24, 2.45) is 0 Å². The van der Waals surface area contributed by atoms with Crippen LogP contribution in [0.1, 0.15) is 17.3 Å². The fourth-order valence-electron chi connectivity index (χ4n) is 2.25. The van der Waals surface area contributed by atoms with E-state index in [1.54, 1.807) is 18.3 Å². The molecule has 3 rings (SSSR count). The number of hydrogen-bond acceptors (Lipinski definition) is 6. The van der Waals surface area contributed by atoms with Crippen LogP contribution in [0.4, 0.5) is 5.88 Å². The summed E-state index contributed by atoms with van der Waals surface area (Å²) < 4.78 is 5.34. The largest absolute Gasteiger partial charge is 0.438 e. The summed E-state index contributed by atoms with van der Waals surface area (Å²) >= 11 is 0. The molecule has 3 heterocycles. The zero-order valence-corrected chi connectivity index (χ0v) is 11.2. The second-order valence-electron chi connectivity index (χ2n) is 4.72. The number of likely N-dealkylation sites (N-methyl/N-ethyl adjacent to an activating group) is 1. The third kappa shape index (κ3) is 1.97. The summed E-state index contributed by atoms with van der Waals surface area (Å²) in [6.45, 7) is 2.51. The molecule has 0 saturated carbocycles. The summed E-state index contributed by atoms with van der Waals surface area (Å²) in [6.07, 6.45) is 1.60. The van der Waals surface area contributed by atoms with Crippen molar-refractivity contribution in [3.8, 4) is 0 Å². The SMILES string of the molecule is CC1=C(NC(=O)c2c(N)oc3cccnc23)CN(C)N1. The molecule has 0 unspecified atom stereocenters. The number of anilines is 1. The Morgan fingerprint density at radius 3 is 3.10 bits per heavy atom. The lowest BCUT2D eigenvalue weighted by Gasteiger charge is -2.08. The fraction of sp³-hybridized carbons (Fsp3) is 0.231. The fourth-order valence-corrected chi connectivity index (χ4v) is 2.25. The molecular formula is C13H15N5O2. The zero-order chi connectivity index (χ0) is 14.3. The molecule has 1 amide bonds. The number of nitrogens with zero attached hydrogens (tertiary/aromatic N) is 2. The standard InChI is InChI=1S/C13H15N5O2/c1-7-8(6-18(2)17-7)16-13(19)10-11-9(20-12(10)14)4-3-5-15-11/h3-5,17H,6,14H2,1-2H3,(H,16,19). The maximum atomic E-state index is 12.4. The Morgan fingerprint density at radius 1 is 1.60 bits per heavy atom. The Morgan fingerprint density at radius 2 is 2.40 bits per heavy atom. The lowest BCUT2D eigenvalue weighted by molar-refractivity contribution is 0.0966. The first-order chi connectivity index (χ1) is 9.56. The monoisotopic (exact) mass is 273 g/mol. The van der Waals surface area contributed by atoms with Crippen molar-refractivity contribution in [3.63, 3.8) is 0 Å². The normalized spacial score (nSPS) is 15.7. The highest BCUT2D eigenvalue weighted by molar-refractivity contribution is 6.09. The molecule has 0 saturated heterocycles. The Kier molecular flexibility index (Phi) is 2.83. The predicted molar refractivity (Wildman–Crippen MR) is 74.4 cm³/mol. The molecule has 20 heavy (non-hydrogen) atoms. The molecule has 7 heteroatoms. The van der Waals surface area contributed by atoms with Gasteiger partial charge in [0.1, 0.15) is 11.1 Å². The minimum absolute atomic E-state index is 0.0776. The van der Waals surface area contributed by atoms with Gasteiger partial charge in [-0.05, 0) is 19.1 Å². The first-order valence-corrected chi connectivity index (χ1v) is 6.18. The number of nitrogens with two attached hydrogens (primary N) is 1. The van der Waals surface area contributed by atoms with Gasteiger partial charge >= 0.3 is 0 Å². The molecular weight excluding hydrogens is 258 g/mol. The highest BCUT2D eigenvalue weighted by Gasteiger charge is 2.23. The summed E-state index contributed by atoms with van der Waals surface area (Å²) in [7, 11) is 1.89. The number of pyridine rings is 1. The van der Waals surface area contributed by atoms with Gasteiger partial charge in [-0.15, -0.1) is 0 Å².